The molecule has 14 N–H and O–H groups in total. The van der Waals surface area contributed by atoms with Crippen molar-refractivity contribution < 1.29 is 49.3 Å². The number of rotatable bonds is 7. The largest absolute Gasteiger partial charge is 0.479 e. The summed E-state index contributed by atoms with van der Waals surface area (Å²) in [7, 11) is 1.62. The molecule has 3 aliphatic rings. The lowest BCUT2D eigenvalue weighted by atomic mass is 9.84. The van der Waals surface area contributed by atoms with Crippen LogP contribution in [-0.2, 0) is 23.7 Å². The number of nitrogens with two attached hydrogens (primary N) is 4. The van der Waals surface area contributed by atoms with Gasteiger partial charge in [0.05, 0.1) is 24.8 Å². The van der Waals surface area contributed by atoms with Crippen LogP contribution in [0.4, 0.5) is 0 Å². The van der Waals surface area contributed by atoms with Crippen molar-refractivity contribution in [3.05, 3.63) is 0 Å². The molecule has 1 aliphatic carbocycles. The van der Waals surface area contributed by atoms with Crippen LogP contribution in [-0.4, -0.2) is 131 Å². The predicted molar refractivity (Wildman–Crippen MR) is 130 cm³/mol. The second-order valence-corrected chi connectivity index (χ2v) is 10.2. The predicted octanol–water partition coefficient (Wildman–Crippen LogP) is -4.52. The number of aliphatic carboxylic acids is 1. The van der Waals surface area contributed by atoms with Crippen LogP contribution in [0.5, 0.6) is 0 Å². The summed E-state index contributed by atoms with van der Waals surface area (Å²) in [5, 5.41) is 50.7. The Kier molecular flexibility index (Phi) is 12.0. The Labute approximate surface area is 216 Å². The highest BCUT2D eigenvalue weighted by atomic mass is 16.7. The van der Waals surface area contributed by atoms with Crippen molar-refractivity contribution in [1.29, 1.82) is 0 Å². The second-order valence-electron chi connectivity index (χ2n) is 10.2. The molecular formula is C22H45N5O10. The van der Waals surface area contributed by atoms with E-state index in [2.05, 4.69) is 5.32 Å². The molecule has 0 spiro atoms. The fourth-order valence-electron chi connectivity index (χ4n) is 4.69. The van der Waals surface area contributed by atoms with Gasteiger partial charge in [-0.3, -0.25) is 0 Å². The van der Waals surface area contributed by atoms with Gasteiger partial charge in [0, 0.05) is 18.6 Å². The van der Waals surface area contributed by atoms with E-state index in [0.29, 0.717) is 19.4 Å². The summed E-state index contributed by atoms with van der Waals surface area (Å²) in [6.07, 6.45) is -5.71. The van der Waals surface area contributed by atoms with E-state index in [1.54, 1.807) is 14.0 Å². The highest BCUT2D eigenvalue weighted by Gasteiger charge is 2.50. The number of aliphatic hydroxyl groups excluding tert-OH is 3. The van der Waals surface area contributed by atoms with Crippen LogP contribution < -0.4 is 28.3 Å². The van der Waals surface area contributed by atoms with E-state index < -0.39 is 72.8 Å². The SMILES string of the molecule is CC(O)C(=O)O.CN[C@@H]1[C@H](O)[C@@H](O[C@@H]2[C@H](O)[C@H](O[C@@H]3O[C@H](CN)CC[C@H]3N)[C@@H](N)C[C@H]2N)OC[C@]1(C)O. The minimum Gasteiger partial charge on any atom is -0.479 e. The van der Waals surface area contributed by atoms with Crippen molar-refractivity contribution in [3.8, 4) is 0 Å². The Morgan fingerprint density at radius 2 is 1.62 bits per heavy atom. The number of carboxylic acids is 1. The number of hydrogen-bond donors (Lipinski definition) is 10. The summed E-state index contributed by atoms with van der Waals surface area (Å²) >= 11 is 0. The Morgan fingerprint density at radius 1 is 1.08 bits per heavy atom. The summed E-state index contributed by atoms with van der Waals surface area (Å²) in [6, 6.07) is -2.26. The molecule has 2 heterocycles. The molecule has 0 aromatic heterocycles. The minimum atomic E-state index is -1.29. The maximum Gasteiger partial charge on any atom is 0.332 e. The summed E-state index contributed by atoms with van der Waals surface area (Å²) in [6.45, 7) is 3.03. The first-order chi connectivity index (χ1) is 17.2. The Morgan fingerprint density at radius 3 is 2.11 bits per heavy atom. The maximum absolute atomic E-state index is 11.0. The van der Waals surface area contributed by atoms with Crippen LogP contribution in [0.15, 0.2) is 0 Å². The average molecular weight is 540 g/mol. The molecule has 15 nitrogen and oxygen atoms in total. The monoisotopic (exact) mass is 539 g/mol. The Balaban J connectivity index is 0.000000717. The van der Waals surface area contributed by atoms with Crippen LogP contribution in [0.1, 0.15) is 33.1 Å². The molecule has 3 fully saturated rings. The van der Waals surface area contributed by atoms with Crippen molar-refractivity contribution in [2.24, 2.45) is 22.9 Å². The molecule has 13 atom stereocenters. The van der Waals surface area contributed by atoms with Crippen LogP contribution in [0, 0.1) is 0 Å². The molecule has 15 heteroatoms. The first-order valence-corrected chi connectivity index (χ1v) is 12.4. The average Bonchev–Trinajstić information content (AvgIpc) is 2.82. The normalized spacial score (nSPS) is 45.4. The minimum absolute atomic E-state index is 0.0665. The molecule has 37 heavy (non-hydrogen) atoms. The lowest BCUT2D eigenvalue weighted by Gasteiger charge is -2.48. The zero-order valence-corrected chi connectivity index (χ0v) is 21.6. The third-order valence-corrected chi connectivity index (χ3v) is 6.90. The lowest BCUT2D eigenvalue weighted by Crippen LogP contribution is -2.68. The molecule has 0 amide bonds. The van der Waals surface area contributed by atoms with Crippen molar-refractivity contribution in [3.63, 3.8) is 0 Å². The fraction of sp³-hybridized carbons (Fsp3) is 0.955. The van der Waals surface area contributed by atoms with E-state index in [9.17, 15) is 20.1 Å². The molecule has 3 rings (SSSR count). The van der Waals surface area contributed by atoms with Gasteiger partial charge in [0.1, 0.15) is 36.1 Å². The molecule has 1 saturated carbocycles. The molecule has 2 aliphatic heterocycles. The van der Waals surface area contributed by atoms with Crippen LogP contribution in [0.3, 0.4) is 0 Å². The molecule has 0 aromatic rings. The van der Waals surface area contributed by atoms with Crippen molar-refractivity contribution >= 4 is 5.97 Å². The van der Waals surface area contributed by atoms with Crippen LogP contribution in [0.2, 0.25) is 0 Å². The standard InChI is InChI=1S/C19H39N5O7.C3H6O3/c1-19(27)7-28-18(13(26)16(19)24-2)31-15-11(23)5-10(22)14(12(15)25)30-17-9(21)4-3-8(6-20)29-17;1-2(4)3(5)6/h8-18,24-27H,3-7,20-23H2,1-2H3;2,4H,1H3,(H,5,6)/t8-,9+,10-,11+,12+,13-,14+,15-,16+,17-,18+,19-;/m0./s1. The second kappa shape index (κ2) is 13.8. The van der Waals surface area contributed by atoms with E-state index in [-0.39, 0.29) is 18.8 Å². The lowest BCUT2D eigenvalue weighted by molar-refractivity contribution is -0.306. The molecule has 218 valence electrons. The van der Waals surface area contributed by atoms with Gasteiger partial charge in [-0.05, 0) is 40.2 Å². The van der Waals surface area contributed by atoms with Gasteiger partial charge in [-0.2, -0.15) is 0 Å². The summed E-state index contributed by atoms with van der Waals surface area (Å²) in [5.74, 6) is -1.19. The zero-order valence-electron chi connectivity index (χ0n) is 21.6. The van der Waals surface area contributed by atoms with Crippen molar-refractivity contribution in [2.75, 3.05) is 20.2 Å². The highest BCUT2D eigenvalue weighted by Crippen LogP contribution is 2.31. The van der Waals surface area contributed by atoms with E-state index in [0.717, 1.165) is 6.42 Å². The van der Waals surface area contributed by atoms with Gasteiger partial charge < -0.3 is 72.7 Å². The van der Waals surface area contributed by atoms with Crippen LogP contribution >= 0.6 is 0 Å². The van der Waals surface area contributed by atoms with E-state index in [1.165, 1.54) is 6.92 Å². The molecule has 2 saturated heterocycles. The summed E-state index contributed by atoms with van der Waals surface area (Å²) < 4.78 is 23.3. The molecule has 1 unspecified atom stereocenters. The van der Waals surface area contributed by atoms with Gasteiger partial charge in [0.15, 0.2) is 12.6 Å². The van der Waals surface area contributed by atoms with E-state index in [1.807, 2.05) is 0 Å². The number of nitrogens with one attached hydrogen (secondary N) is 1. The van der Waals surface area contributed by atoms with Gasteiger partial charge in [0.2, 0.25) is 0 Å². The van der Waals surface area contributed by atoms with Crippen molar-refractivity contribution in [1.82, 2.24) is 5.32 Å². The zero-order chi connectivity index (χ0) is 28.1. The number of carbonyl (C=O) groups is 1. The maximum atomic E-state index is 11.0. The number of likely N-dealkylation sites (N-methyl/N-ethyl adjacent to an activating group) is 1. The summed E-state index contributed by atoms with van der Waals surface area (Å²) in [4.78, 5) is 9.45. The third kappa shape index (κ3) is 8.22. The van der Waals surface area contributed by atoms with E-state index in [4.69, 9.17) is 52.1 Å². The Bertz CT molecular complexity index is 719. The number of aliphatic hydroxyl groups is 4. The van der Waals surface area contributed by atoms with Gasteiger partial charge in [-0.1, -0.05) is 0 Å². The smallest absolute Gasteiger partial charge is 0.332 e. The first-order valence-electron chi connectivity index (χ1n) is 12.4. The van der Waals surface area contributed by atoms with Gasteiger partial charge >= 0.3 is 5.97 Å². The topological polar surface area (TPSA) is 271 Å². The number of hydrogen-bond acceptors (Lipinski definition) is 14. The third-order valence-electron chi connectivity index (χ3n) is 6.90. The first kappa shape index (κ1) is 32.2. The van der Waals surface area contributed by atoms with E-state index >= 15 is 0 Å². The molecule has 0 bridgehead atoms. The molecular weight excluding hydrogens is 494 g/mol. The number of ether oxygens (including phenoxy) is 4. The van der Waals surface area contributed by atoms with Gasteiger partial charge in [0.25, 0.3) is 0 Å². The van der Waals surface area contributed by atoms with Gasteiger partial charge in [-0.15, -0.1) is 0 Å². The molecule has 0 radical (unpaired) electrons. The number of carboxylic acid groups (broad SMARTS) is 1. The Hall–Kier alpha value is -1.05. The quantitative estimate of drug-likeness (QED) is 0.146. The molecule has 0 aromatic carbocycles. The van der Waals surface area contributed by atoms with Crippen LogP contribution in [0.25, 0.3) is 0 Å². The summed E-state index contributed by atoms with van der Waals surface area (Å²) in [5.41, 5.74) is 23.0. The highest BCUT2D eigenvalue weighted by molar-refractivity contribution is 5.71. The van der Waals surface area contributed by atoms with Crippen molar-refractivity contribution in [2.45, 2.75) is 112 Å². The fourth-order valence-corrected chi connectivity index (χ4v) is 4.69. The van der Waals surface area contributed by atoms with Gasteiger partial charge in [-0.25, -0.2) is 4.79 Å².